The first-order valence-corrected chi connectivity index (χ1v) is 6.96. The quantitative estimate of drug-likeness (QED) is 0.903. The maximum Gasteiger partial charge on any atom is 0.254 e. The summed E-state index contributed by atoms with van der Waals surface area (Å²) >= 11 is 0. The lowest BCUT2D eigenvalue weighted by molar-refractivity contribution is 0.00586. The second-order valence-electron chi connectivity index (χ2n) is 5.42. The van der Waals surface area contributed by atoms with Crippen LogP contribution < -0.4 is 4.74 Å². The number of nitrogens with zero attached hydrogens (tertiary/aromatic N) is 1. The molecule has 19 heavy (non-hydrogen) atoms. The van der Waals surface area contributed by atoms with Gasteiger partial charge in [-0.25, -0.2) is 0 Å². The van der Waals surface area contributed by atoms with Gasteiger partial charge in [0.05, 0.1) is 12.2 Å². The smallest absolute Gasteiger partial charge is 0.254 e. The number of hydrogen-bond donors (Lipinski definition) is 1. The lowest BCUT2D eigenvalue weighted by Gasteiger charge is -2.35. The summed E-state index contributed by atoms with van der Waals surface area (Å²) in [6.07, 6.45) is 4.62. The molecule has 1 saturated carbocycles. The van der Waals surface area contributed by atoms with E-state index in [9.17, 15) is 9.90 Å². The van der Waals surface area contributed by atoms with Crippen molar-refractivity contribution in [2.45, 2.75) is 37.9 Å². The minimum absolute atomic E-state index is 0.0258. The minimum Gasteiger partial charge on any atom is -0.490 e. The molecule has 102 valence electrons. The van der Waals surface area contributed by atoms with E-state index < -0.39 is 0 Å². The predicted molar refractivity (Wildman–Crippen MR) is 71.2 cm³/mol. The molecule has 1 amide bonds. The van der Waals surface area contributed by atoms with E-state index >= 15 is 0 Å². The van der Waals surface area contributed by atoms with Crippen LogP contribution in [0.2, 0.25) is 0 Å². The molecule has 2 aliphatic rings. The van der Waals surface area contributed by atoms with Crippen LogP contribution in [0.3, 0.4) is 0 Å². The Labute approximate surface area is 113 Å². The second-order valence-corrected chi connectivity index (χ2v) is 5.42. The van der Waals surface area contributed by atoms with Gasteiger partial charge in [-0.1, -0.05) is 6.07 Å². The predicted octanol–water partition coefficient (Wildman–Crippen LogP) is 1.82. The van der Waals surface area contributed by atoms with Crippen molar-refractivity contribution in [2.75, 3.05) is 13.1 Å². The molecule has 4 nitrogen and oxygen atoms in total. The first-order chi connectivity index (χ1) is 9.22. The molecule has 1 aromatic carbocycles. The summed E-state index contributed by atoms with van der Waals surface area (Å²) in [6.45, 7) is 0.874. The van der Waals surface area contributed by atoms with E-state index in [4.69, 9.17) is 4.74 Å². The minimum atomic E-state index is -0.359. The van der Waals surface area contributed by atoms with E-state index in [0.29, 0.717) is 24.8 Å². The van der Waals surface area contributed by atoms with Gasteiger partial charge in [0.25, 0.3) is 5.91 Å². The lowest BCUT2D eigenvalue weighted by Crippen LogP contribution is -2.53. The highest BCUT2D eigenvalue weighted by Crippen LogP contribution is 2.25. The maximum atomic E-state index is 12.1. The van der Waals surface area contributed by atoms with Gasteiger partial charge in [0.1, 0.15) is 5.75 Å². The first-order valence-electron chi connectivity index (χ1n) is 6.96. The molecule has 0 unspecified atom stereocenters. The van der Waals surface area contributed by atoms with E-state index in [1.54, 1.807) is 11.0 Å². The number of ether oxygens (including phenoxy) is 1. The van der Waals surface area contributed by atoms with E-state index in [1.807, 2.05) is 18.2 Å². The normalized spacial score (nSPS) is 20.4. The number of amides is 1. The number of carbonyl (C=O) groups is 1. The number of aliphatic hydroxyl groups is 1. The van der Waals surface area contributed by atoms with Crippen LogP contribution in [0.5, 0.6) is 5.75 Å². The summed E-state index contributed by atoms with van der Waals surface area (Å²) < 4.78 is 5.90. The van der Waals surface area contributed by atoms with Crippen molar-refractivity contribution in [3.63, 3.8) is 0 Å². The summed E-state index contributed by atoms with van der Waals surface area (Å²) in [7, 11) is 0. The van der Waals surface area contributed by atoms with Gasteiger partial charge in [0.15, 0.2) is 0 Å². The van der Waals surface area contributed by atoms with E-state index in [2.05, 4.69) is 0 Å². The van der Waals surface area contributed by atoms with Gasteiger partial charge in [0.2, 0.25) is 0 Å². The van der Waals surface area contributed by atoms with Crippen molar-refractivity contribution in [3.05, 3.63) is 29.8 Å². The monoisotopic (exact) mass is 261 g/mol. The maximum absolute atomic E-state index is 12.1. The molecule has 1 aliphatic heterocycles. The van der Waals surface area contributed by atoms with Crippen LogP contribution in [0.4, 0.5) is 0 Å². The summed E-state index contributed by atoms with van der Waals surface area (Å²) in [5.74, 6) is 0.751. The van der Waals surface area contributed by atoms with Crippen LogP contribution in [-0.2, 0) is 0 Å². The molecule has 1 aliphatic carbocycles. The Morgan fingerprint density at radius 1 is 1.26 bits per heavy atom. The van der Waals surface area contributed by atoms with Crippen molar-refractivity contribution in [3.8, 4) is 5.75 Å². The van der Waals surface area contributed by atoms with Crippen molar-refractivity contribution in [1.82, 2.24) is 4.90 Å². The Hall–Kier alpha value is -1.55. The van der Waals surface area contributed by atoms with Crippen LogP contribution in [0, 0.1) is 0 Å². The zero-order valence-corrected chi connectivity index (χ0v) is 10.9. The highest BCUT2D eigenvalue weighted by molar-refractivity contribution is 5.95. The molecule has 1 N–H and O–H groups in total. The Morgan fingerprint density at radius 2 is 2.00 bits per heavy atom. The van der Waals surface area contributed by atoms with Gasteiger partial charge >= 0.3 is 0 Å². The Balaban J connectivity index is 1.67. The Morgan fingerprint density at radius 3 is 2.68 bits per heavy atom. The van der Waals surface area contributed by atoms with Crippen LogP contribution in [0.1, 0.15) is 36.0 Å². The summed E-state index contributed by atoms with van der Waals surface area (Å²) in [5, 5.41) is 9.24. The van der Waals surface area contributed by atoms with E-state index in [1.165, 1.54) is 12.8 Å². The second kappa shape index (κ2) is 5.21. The molecule has 4 heteroatoms. The highest BCUT2D eigenvalue weighted by Gasteiger charge is 2.29. The topological polar surface area (TPSA) is 49.8 Å². The summed E-state index contributed by atoms with van der Waals surface area (Å²) in [4.78, 5) is 13.8. The summed E-state index contributed by atoms with van der Waals surface area (Å²) in [5.41, 5.74) is 0.641. The first kappa shape index (κ1) is 12.5. The fraction of sp³-hybridized carbons (Fsp3) is 0.533. The third-order valence-corrected chi connectivity index (χ3v) is 3.84. The number of likely N-dealkylation sites (tertiary alicyclic amines) is 1. The van der Waals surface area contributed by atoms with Gasteiger partial charge in [-0.3, -0.25) is 4.79 Å². The van der Waals surface area contributed by atoms with Gasteiger partial charge in [0, 0.05) is 18.7 Å². The van der Waals surface area contributed by atoms with Gasteiger partial charge in [-0.2, -0.15) is 0 Å². The molecule has 1 aromatic rings. The average molecular weight is 261 g/mol. The SMILES string of the molecule is O=C(c1cccc(OC2CCCC2)c1)N1CC(O)C1. The third kappa shape index (κ3) is 2.73. The number of hydrogen-bond acceptors (Lipinski definition) is 3. The number of β-amino-alcohol motifs (C(OH)–C–C–N with tert-alkyl or cyclic N) is 1. The largest absolute Gasteiger partial charge is 0.490 e. The highest BCUT2D eigenvalue weighted by atomic mass is 16.5. The molecule has 0 aromatic heterocycles. The standard InChI is InChI=1S/C15H19NO3/c17-12-9-16(10-12)15(18)11-4-3-7-14(8-11)19-13-5-1-2-6-13/h3-4,7-8,12-13,17H,1-2,5-6,9-10H2. The van der Waals surface area contributed by atoms with Crippen molar-refractivity contribution < 1.29 is 14.6 Å². The summed E-state index contributed by atoms with van der Waals surface area (Å²) in [6, 6.07) is 7.37. The molecule has 1 heterocycles. The number of benzene rings is 1. The fourth-order valence-electron chi connectivity index (χ4n) is 2.70. The third-order valence-electron chi connectivity index (χ3n) is 3.84. The van der Waals surface area contributed by atoms with Crippen LogP contribution in [-0.4, -0.2) is 41.2 Å². The fourth-order valence-corrected chi connectivity index (χ4v) is 2.70. The molecular weight excluding hydrogens is 242 g/mol. The molecule has 2 fully saturated rings. The van der Waals surface area contributed by atoms with Crippen LogP contribution in [0.15, 0.2) is 24.3 Å². The Bertz CT molecular complexity index is 462. The molecule has 0 atom stereocenters. The van der Waals surface area contributed by atoms with Crippen LogP contribution in [0.25, 0.3) is 0 Å². The average Bonchev–Trinajstić information content (AvgIpc) is 2.87. The van der Waals surface area contributed by atoms with Gasteiger partial charge in [-0.15, -0.1) is 0 Å². The van der Waals surface area contributed by atoms with Crippen LogP contribution >= 0.6 is 0 Å². The molecular formula is C15H19NO3. The molecule has 0 radical (unpaired) electrons. The molecule has 3 rings (SSSR count). The van der Waals surface area contributed by atoms with Crippen molar-refractivity contribution >= 4 is 5.91 Å². The molecule has 0 spiro atoms. The lowest BCUT2D eigenvalue weighted by atomic mass is 10.1. The van der Waals surface area contributed by atoms with Crippen molar-refractivity contribution in [1.29, 1.82) is 0 Å². The number of rotatable bonds is 3. The van der Waals surface area contributed by atoms with E-state index in [-0.39, 0.29) is 12.0 Å². The number of aliphatic hydroxyl groups excluding tert-OH is 1. The van der Waals surface area contributed by atoms with Crippen molar-refractivity contribution in [2.24, 2.45) is 0 Å². The van der Waals surface area contributed by atoms with E-state index in [0.717, 1.165) is 18.6 Å². The van der Waals surface area contributed by atoms with Gasteiger partial charge < -0.3 is 14.7 Å². The number of carbonyl (C=O) groups excluding carboxylic acids is 1. The zero-order chi connectivity index (χ0) is 13.2. The molecule has 0 bridgehead atoms. The van der Waals surface area contributed by atoms with Gasteiger partial charge in [-0.05, 0) is 43.9 Å². The Kier molecular flexibility index (Phi) is 3.42. The molecule has 1 saturated heterocycles. The zero-order valence-electron chi connectivity index (χ0n) is 10.9.